The lowest BCUT2D eigenvalue weighted by molar-refractivity contribution is -0.0386. The van der Waals surface area contributed by atoms with Crippen LogP contribution in [0.4, 0.5) is 4.39 Å². The summed E-state index contributed by atoms with van der Waals surface area (Å²) in [5.41, 5.74) is 3.81. The van der Waals surface area contributed by atoms with Gasteiger partial charge in [0.25, 0.3) is 5.91 Å². The van der Waals surface area contributed by atoms with Crippen LogP contribution in [0, 0.1) is 12.7 Å². The summed E-state index contributed by atoms with van der Waals surface area (Å²) >= 11 is 0. The Balaban J connectivity index is 1.80. The average molecular weight is 393 g/mol. The lowest BCUT2D eigenvalue weighted by Gasteiger charge is -2.36. The molecule has 5 nitrogen and oxygen atoms in total. The molecule has 1 aromatic heterocycles. The van der Waals surface area contributed by atoms with Gasteiger partial charge in [0, 0.05) is 18.3 Å². The lowest BCUT2D eigenvalue weighted by Crippen LogP contribution is -2.50. The SMILES string of the molecule is Cc1cccc(-c2nn(-c3ccc(F)cc3)cc2C(=O)N2CC(C)OCC2C)c1. The number of amides is 1. The van der Waals surface area contributed by atoms with Gasteiger partial charge in [0.1, 0.15) is 11.5 Å². The van der Waals surface area contributed by atoms with Crippen LogP contribution in [0.3, 0.4) is 0 Å². The Kier molecular flexibility index (Phi) is 5.20. The summed E-state index contributed by atoms with van der Waals surface area (Å²) in [4.78, 5) is 15.3. The quantitative estimate of drug-likeness (QED) is 0.669. The highest BCUT2D eigenvalue weighted by Gasteiger charge is 2.31. The normalized spacial score (nSPS) is 19.4. The molecule has 1 aliphatic rings. The summed E-state index contributed by atoms with van der Waals surface area (Å²) in [6, 6.07) is 14.0. The van der Waals surface area contributed by atoms with Crippen LogP contribution in [-0.4, -0.2) is 45.9 Å². The number of carbonyl (C=O) groups is 1. The minimum absolute atomic E-state index is 0.00952. The second-order valence-corrected chi connectivity index (χ2v) is 7.63. The van der Waals surface area contributed by atoms with Crippen molar-refractivity contribution in [3.8, 4) is 16.9 Å². The summed E-state index contributed by atoms with van der Waals surface area (Å²) in [6.07, 6.45) is 1.73. The summed E-state index contributed by atoms with van der Waals surface area (Å²) in [5, 5.41) is 4.70. The Hall–Kier alpha value is -2.99. The average Bonchev–Trinajstić information content (AvgIpc) is 3.15. The van der Waals surface area contributed by atoms with Crippen molar-refractivity contribution in [3.05, 3.63) is 71.7 Å². The van der Waals surface area contributed by atoms with Crippen molar-refractivity contribution in [1.82, 2.24) is 14.7 Å². The maximum Gasteiger partial charge on any atom is 0.258 e. The molecule has 1 fully saturated rings. The van der Waals surface area contributed by atoms with E-state index < -0.39 is 0 Å². The Morgan fingerprint density at radius 2 is 1.93 bits per heavy atom. The van der Waals surface area contributed by atoms with E-state index in [1.54, 1.807) is 23.0 Å². The first kappa shape index (κ1) is 19.3. The van der Waals surface area contributed by atoms with Gasteiger partial charge in [0.2, 0.25) is 0 Å². The second kappa shape index (κ2) is 7.79. The Morgan fingerprint density at radius 3 is 2.66 bits per heavy atom. The molecule has 1 amide bonds. The molecule has 0 aliphatic carbocycles. The Labute approximate surface area is 169 Å². The van der Waals surface area contributed by atoms with Crippen molar-refractivity contribution < 1.29 is 13.9 Å². The smallest absolute Gasteiger partial charge is 0.258 e. The van der Waals surface area contributed by atoms with Crippen LogP contribution < -0.4 is 0 Å². The molecule has 2 atom stereocenters. The molecule has 2 aromatic carbocycles. The predicted octanol–water partition coefficient (Wildman–Crippen LogP) is 4.24. The number of rotatable bonds is 3. The number of hydrogen-bond donors (Lipinski definition) is 0. The van der Waals surface area contributed by atoms with Gasteiger partial charge in [-0.25, -0.2) is 9.07 Å². The van der Waals surface area contributed by atoms with Gasteiger partial charge in [-0.3, -0.25) is 4.79 Å². The first-order valence-corrected chi connectivity index (χ1v) is 9.77. The Bertz CT molecular complexity index is 1030. The van der Waals surface area contributed by atoms with E-state index in [2.05, 4.69) is 0 Å². The highest BCUT2D eigenvalue weighted by molar-refractivity contribution is 6.00. The highest BCUT2D eigenvalue weighted by atomic mass is 19.1. The van der Waals surface area contributed by atoms with Crippen LogP contribution >= 0.6 is 0 Å². The largest absolute Gasteiger partial charge is 0.375 e. The summed E-state index contributed by atoms with van der Waals surface area (Å²) in [6.45, 7) is 7.01. The minimum Gasteiger partial charge on any atom is -0.375 e. The van der Waals surface area contributed by atoms with E-state index in [0.717, 1.165) is 11.1 Å². The molecule has 0 bridgehead atoms. The van der Waals surface area contributed by atoms with Crippen molar-refractivity contribution in [3.63, 3.8) is 0 Å². The van der Waals surface area contributed by atoms with Gasteiger partial charge in [-0.05, 0) is 51.1 Å². The third-order valence-corrected chi connectivity index (χ3v) is 5.20. The molecular weight excluding hydrogens is 369 g/mol. The molecule has 0 radical (unpaired) electrons. The lowest BCUT2D eigenvalue weighted by atomic mass is 10.0. The summed E-state index contributed by atoms with van der Waals surface area (Å²) < 4.78 is 20.7. The monoisotopic (exact) mass is 393 g/mol. The van der Waals surface area contributed by atoms with Crippen molar-refractivity contribution in [1.29, 1.82) is 0 Å². The van der Waals surface area contributed by atoms with Gasteiger partial charge in [0.15, 0.2) is 0 Å². The van der Waals surface area contributed by atoms with E-state index in [1.807, 2.05) is 49.9 Å². The molecule has 3 aromatic rings. The number of carbonyl (C=O) groups excluding carboxylic acids is 1. The van der Waals surface area contributed by atoms with Crippen LogP contribution in [0.15, 0.2) is 54.7 Å². The molecule has 1 saturated heterocycles. The molecule has 150 valence electrons. The third-order valence-electron chi connectivity index (χ3n) is 5.20. The van der Waals surface area contributed by atoms with Crippen molar-refractivity contribution in [2.45, 2.75) is 32.9 Å². The zero-order valence-electron chi connectivity index (χ0n) is 16.8. The van der Waals surface area contributed by atoms with E-state index in [4.69, 9.17) is 9.84 Å². The zero-order valence-corrected chi connectivity index (χ0v) is 16.8. The molecule has 6 heteroatoms. The second-order valence-electron chi connectivity index (χ2n) is 7.63. The van der Waals surface area contributed by atoms with Gasteiger partial charge < -0.3 is 9.64 Å². The van der Waals surface area contributed by atoms with E-state index in [0.29, 0.717) is 30.1 Å². The molecular formula is C23H24FN3O2. The highest BCUT2D eigenvalue weighted by Crippen LogP contribution is 2.27. The molecule has 29 heavy (non-hydrogen) atoms. The molecule has 2 unspecified atom stereocenters. The van der Waals surface area contributed by atoms with Gasteiger partial charge >= 0.3 is 0 Å². The van der Waals surface area contributed by atoms with Crippen LogP contribution in [0.1, 0.15) is 29.8 Å². The molecule has 1 aliphatic heterocycles. The first-order chi connectivity index (χ1) is 13.9. The van der Waals surface area contributed by atoms with Gasteiger partial charge in [-0.1, -0.05) is 23.8 Å². The Morgan fingerprint density at radius 1 is 1.17 bits per heavy atom. The van der Waals surface area contributed by atoms with Crippen molar-refractivity contribution in [2.75, 3.05) is 13.2 Å². The minimum atomic E-state index is -0.313. The van der Waals surface area contributed by atoms with Crippen molar-refractivity contribution >= 4 is 5.91 Å². The molecule has 0 saturated carbocycles. The number of ether oxygens (including phenoxy) is 1. The summed E-state index contributed by atoms with van der Waals surface area (Å²) in [7, 11) is 0. The molecule has 0 N–H and O–H groups in total. The van der Waals surface area contributed by atoms with Crippen LogP contribution in [0.5, 0.6) is 0 Å². The fourth-order valence-electron chi connectivity index (χ4n) is 3.60. The number of halogens is 1. The maximum absolute atomic E-state index is 13.5. The number of aryl methyl sites for hydroxylation is 1. The number of morpholine rings is 1. The number of benzene rings is 2. The standard InChI is InChI=1S/C23H24FN3O2/c1-15-5-4-6-18(11-15)22-21(23(28)26-12-17(3)29-14-16(26)2)13-27(25-22)20-9-7-19(24)8-10-20/h4-11,13,16-17H,12,14H2,1-3H3. The number of nitrogens with zero attached hydrogens (tertiary/aromatic N) is 3. The maximum atomic E-state index is 13.5. The fraction of sp³-hybridized carbons (Fsp3) is 0.304. The van der Waals surface area contributed by atoms with Gasteiger partial charge in [0.05, 0.1) is 30.0 Å². The fourth-order valence-corrected chi connectivity index (χ4v) is 3.60. The van der Waals surface area contributed by atoms with E-state index in [1.165, 1.54) is 12.1 Å². The van der Waals surface area contributed by atoms with Crippen molar-refractivity contribution in [2.24, 2.45) is 0 Å². The van der Waals surface area contributed by atoms with Gasteiger partial charge in [-0.15, -0.1) is 0 Å². The molecule has 0 spiro atoms. The summed E-state index contributed by atoms with van der Waals surface area (Å²) in [5.74, 6) is -0.384. The number of aromatic nitrogens is 2. The number of hydrogen-bond acceptors (Lipinski definition) is 3. The molecule has 2 heterocycles. The van der Waals surface area contributed by atoms with E-state index >= 15 is 0 Å². The molecule has 4 rings (SSSR count). The predicted molar refractivity (Wildman–Crippen MR) is 110 cm³/mol. The van der Waals surface area contributed by atoms with E-state index in [9.17, 15) is 9.18 Å². The first-order valence-electron chi connectivity index (χ1n) is 9.77. The van der Waals surface area contributed by atoms with E-state index in [-0.39, 0.29) is 23.9 Å². The zero-order chi connectivity index (χ0) is 20.5. The third kappa shape index (κ3) is 3.93. The van der Waals surface area contributed by atoms with Crippen LogP contribution in [0.2, 0.25) is 0 Å². The van der Waals surface area contributed by atoms with Gasteiger partial charge in [-0.2, -0.15) is 5.10 Å². The van der Waals surface area contributed by atoms with Crippen LogP contribution in [-0.2, 0) is 4.74 Å². The van der Waals surface area contributed by atoms with Crippen LogP contribution in [0.25, 0.3) is 16.9 Å². The topological polar surface area (TPSA) is 47.4 Å².